The summed E-state index contributed by atoms with van der Waals surface area (Å²) in [5.41, 5.74) is 1.09. The Morgan fingerprint density at radius 2 is 2.14 bits per heavy atom. The maximum atomic E-state index is 5.67. The minimum Gasteiger partial charge on any atom is -0.492 e. The van der Waals surface area contributed by atoms with Gasteiger partial charge in [-0.1, -0.05) is 26.7 Å². The van der Waals surface area contributed by atoms with E-state index in [1.165, 1.54) is 6.42 Å². The van der Waals surface area contributed by atoms with E-state index in [2.05, 4.69) is 18.8 Å². The van der Waals surface area contributed by atoms with E-state index in [0.29, 0.717) is 0 Å². The van der Waals surface area contributed by atoms with Gasteiger partial charge in [0.2, 0.25) is 0 Å². The molecule has 0 amide bonds. The fourth-order valence-electron chi connectivity index (χ4n) is 1.31. The number of pyridine rings is 1. The molecule has 0 saturated carbocycles. The normalized spacial score (nSPS) is 10.1. The first kappa shape index (κ1) is 11.0. The lowest BCUT2D eigenvalue weighted by atomic mass is 10.2. The SMILES string of the molecule is CCCCOc1cccnc1CCC. The lowest BCUT2D eigenvalue weighted by Gasteiger charge is -2.08. The van der Waals surface area contributed by atoms with E-state index in [1.807, 2.05) is 18.3 Å². The predicted octanol–water partition coefficient (Wildman–Crippen LogP) is 3.21. The third-order valence-electron chi connectivity index (χ3n) is 2.09. The van der Waals surface area contributed by atoms with Gasteiger partial charge in [-0.15, -0.1) is 0 Å². The smallest absolute Gasteiger partial charge is 0.140 e. The van der Waals surface area contributed by atoms with Gasteiger partial charge in [-0.3, -0.25) is 4.98 Å². The zero-order chi connectivity index (χ0) is 10.2. The molecular formula is C12H19NO. The van der Waals surface area contributed by atoms with Gasteiger partial charge in [0.15, 0.2) is 0 Å². The van der Waals surface area contributed by atoms with Gasteiger partial charge in [0, 0.05) is 6.20 Å². The third-order valence-corrected chi connectivity index (χ3v) is 2.09. The van der Waals surface area contributed by atoms with Crippen LogP contribution in [-0.2, 0) is 6.42 Å². The number of aromatic nitrogens is 1. The van der Waals surface area contributed by atoms with Crippen LogP contribution in [0.25, 0.3) is 0 Å². The average molecular weight is 193 g/mol. The topological polar surface area (TPSA) is 22.1 Å². The van der Waals surface area contributed by atoms with E-state index >= 15 is 0 Å². The van der Waals surface area contributed by atoms with Gasteiger partial charge in [-0.25, -0.2) is 0 Å². The lowest BCUT2D eigenvalue weighted by Crippen LogP contribution is -2.01. The molecule has 0 spiro atoms. The summed E-state index contributed by atoms with van der Waals surface area (Å²) >= 11 is 0. The molecule has 78 valence electrons. The maximum Gasteiger partial charge on any atom is 0.140 e. The summed E-state index contributed by atoms with van der Waals surface area (Å²) in [6.07, 6.45) is 6.23. The van der Waals surface area contributed by atoms with Crippen LogP contribution in [0.5, 0.6) is 5.75 Å². The molecule has 0 aliphatic heterocycles. The molecule has 2 nitrogen and oxygen atoms in total. The van der Waals surface area contributed by atoms with E-state index in [4.69, 9.17) is 4.74 Å². The van der Waals surface area contributed by atoms with Crippen molar-refractivity contribution in [2.45, 2.75) is 39.5 Å². The molecule has 0 N–H and O–H groups in total. The highest BCUT2D eigenvalue weighted by Gasteiger charge is 2.02. The summed E-state index contributed by atoms with van der Waals surface area (Å²) < 4.78 is 5.67. The van der Waals surface area contributed by atoms with Gasteiger partial charge in [-0.2, -0.15) is 0 Å². The van der Waals surface area contributed by atoms with Crippen LogP contribution in [0.4, 0.5) is 0 Å². The Kier molecular flexibility index (Phi) is 5.05. The van der Waals surface area contributed by atoms with Gasteiger partial charge in [0.05, 0.1) is 12.3 Å². The molecule has 1 aromatic rings. The van der Waals surface area contributed by atoms with Crippen molar-refractivity contribution in [1.82, 2.24) is 4.98 Å². The van der Waals surface area contributed by atoms with Crippen molar-refractivity contribution >= 4 is 0 Å². The lowest BCUT2D eigenvalue weighted by molar-refractivity contribution is 0.304. The van der Waals surface area contributed by atoms with E-state index in [-0.39, 0.29) is 0 Å². The summed E-state index contributed by atoms with van der Waals surface area (Å²) in [4.78, 5) is 4.32. The Balaban J connectivity index is 2.55. The molecule has 0 radical (unpaired) electrons. The Morgan fingerprint density at radius 1 is 1.29 bits per heavy atom. The number of hydrogen-bond donors (Lipinski definition) is 0. The molecule has 14 heavy (non-hydrogen) atoms. The van der Waals surface area contributed by atoms with Crippen LogP contribution in [0.3, 0.4) is 0 Å². The molecule has 0 aliphatic rings. The first-order chi connectivity index (χ1) is 6.88. The summed E-state index contributed by atoms with van der Waals surface area (Å²) in [6, 6.07) is 3.94. The molecule has 0 aromatic carbocycles. The van der Waals surface area contributed by atoms with Gasteiger partial charge < -0.3 is 4.74 Å². The van der Waals surface area contributed by atoms with Gasteiger partial charge in [-0.05, 0) is 25.0 Å². The van der Waals surface area contributed by atoms with Crippen molar-refractivity contribution in [2.24, 2.45) is 0 Å². The molecule has 0 atom stereocenters. The number of hydrogen-bond acceptors (Lipinski definition) is 2. The second kappa shape index (κ2) is 6.41. The van der Waals surface area contributed by atoms with Crippen molar-refractivity contribution in [3.8, 4) is 5.75 Å². The number of ether oxygens (including phenoxy) is 1. The average Bonchev–Trinajstić information content (AvgIpc) is 2.21. The highest BCUT2D eigenvalue weighted by atomic mass is 16.5. The quantitative estimate of drug-likeness (QED) is 0.647. The minimum atomic E-state index is 0.804. The molecule has 2 heteroatoms. The Labute approximate surface area is 86.3 Å². The highest BCUT2D eigenvalue weighted by Crippen LogP contribution is 2.17. The molecule has 1 aromatic heterocycles. The molecule has 1 heterocycles. The zero-order valence-electron chi connectivity index (χ0n) is 9.12. The Morgan fingerprint density at radius 3 is 2.86 bits per heavy atom. The van der Waals surface area contributed by atoms with E-state index in [9.17, 15) is 0 Å². The van der Waals surface area contributed by atoms with Crippen LogP contribution < -0.4 is 4.74 Å². The number of nitrogens with zero attached hydrogens (tertiary/aromatic N) is 1. The van der Waals surface area contributed by atoms with Gasteiger partial charge in [0.25, 0.3) is 0 Å². The van der Waals surface area contributed by atoms with Crippen molar-refractivity contribution in [3.05, 3.63) is 24.0 Å². The molecule has 0 saturated heterocycles. The minimum absolute atomic E-state index is 0.804. The Hall–Kier alpha value is -1.05. The number of aryl methyl sites for hydroxylation is 1. The van der Waals surface area contributed by atoms with Crippen molar-refractivity contribution < 1.29 is 4.74 Å². The van der Waals surface area contributed by atoms with Crippen molar-refractivity contribution in [2.75, 3.05) is 6.61 Å². The van der Waals surface area contributed by atoms with Gasteiger partial charge >= 0.3 is 0 Å². The van der Waals surface area contributed by atoms with Gasteiger partial charge in [0.1, 0.15) is 5.75 Å². The molecule has 0 aliphatic carbocycles. The predicted molar refractivity (Wildman–Crippen MR) is 58.6 cm³/mol. The highest BCUT2D eigenvalue weighted by molar-refractivity contribution is 5.26. The fourth-order valence-corrected chi connectivity index (χ4v) is 1.31. The molecule has 1 rings (SSSR count). The van der Waals surface area contributed by atoms with Crippen LogP contribution in [0.1, 0.15) is 38.8 Å². The monoisotopic (exact) mass is 193 g/mol. The van der Waals surface area contributed by atoms with Crippen LogP contribution in [0.2, 0.25) is 0 Å². The largest absolute Gasteiger partial charge is 0.492 e. The fraction of sp³-hybridized carbons (Fsp3) is 0.583. The first-order valence-corrected chi connectivity index (χ1v) is 5.45. The summed E-state index contributed by atoms with van der Waals surface area (Å²) in [5.74, 6) is 0.961. The van der Waals surface area contributed by atoms with Crippen LogP contribution in [0, 0.1) is 0 Å². The summed E-state index contributed by atoms with van der Waals surface area (Å²) in [5, 5.41) is 0. The number of unbranched alkanes of at least 4 members (excludes halogenated alkanes) is 1. The standard InChI is InChI=1S/C12H19NO/c1-3-5-10-14-12-8-6-9-13-11(12)7-4-2/h6,8-9H,3-5,7,10H2,1-2H3. The summed E-state index contributed by atoms with van der Waals surface area (Å²) in [7, 11) is 0. The van der Waals surface area contributed by atoms with Crippen LogP contribution in [-0.4, -0.2) is 11.6 Å². The number of rotatable bonds is 6. The summed E-state index contributed by atoms with van der Waals surface area (Å²) in [6.45, 7) is 5.13. The van der Waals surface area contributed by atoms with Crippen LogP contribution in [0.15, 0.2) is 18.3 Å². The van der Waals surface area contributed by atoms with E-state index < -0.39 is 0 Å². The second-order valence-electron chi connectivity index (χ2n) is 3.40. The molecule has 0 fully saturated rings. The van der Waals surface area contributed by atoms with E-state index in [1.54, 1.807) is 0 Å². The molecule has 0 unspecified atom stereocenters. The zero-order valence-corrected chi connectivity index (χ0v) is 9.12. The molecular weight excluding hydrogens is 174 g/mol. The second-order valence-corrected chi connectivity index (χ2v) is 3.40. The van der Waals surface area contributed by atoms with E-state index in [0.717, 1.165) is 37.3 Å². The van der Waals surface area contributed by atoms with Crippen molar-refractivity contribution in [1.29, 1.82) is 0 Å². The van der Waals surface area contributed by atoms with Crippen molar-refractivity contribution in [3.63, 3.8) is 0 Å². The van der Waals surface area contributed by atoms with Crippen LogP contribution >= 0.6 is 0 Å². The third kappa shape index (κ3) is 3.36. The maximum absolute atomic E-state index is 5.67. The first-order valence-electron chi connectivity index (χ1n) is 5.45. The Bertz CT molecular complexity index is 260. The molecule has 0 bridgehead atoms.